The van der Waals surface area contributed by atoms with Crippen molar-refractivity contribution in [2.45, 2.75) is 6.10 Å². The predicted molar refractivity (Wildman–Crippen MR) is 87.8 cm³/mol. The summed E-state index contributed by atoms with van der Waals surface area (Å²) in [6.07, 6.45) is -0.784. The van der Waals surface area contributed by atoms with Crippen LogP contribution >= 0.6 is 0 Å². The molecule has 0 saturated heterocycles. The maximum atomic E-state index is 12.3. The molecular weight excluding hydrogens is 306 g/mol. The zero-order chi connectivity index (χ0) is 17.1. The third-order valence-corrected chi connectivity index (χ3v) is 3.80. The van der Waals surface area contributed by atoms with E-state index in [2.05, 4.69) is 5.32 Å². The van der Waals surface area contributed by atoms with Gasteiger partial charge in [-0.3, -0.25) is 9.59 Å². The molecule has 0 aromatic heterocycles. The number of benzene rings is 2. The molecule has 1 N–H and O–H groups in total. The molecule has 2 aromatic carbocycles. The number of ether oxygens (including phenoxy) is 1. The highest BCUT2D eigenvalue weighted by molar-refractivity contribution is 6.00. The zero-order valence-corrected chi connectivity index (χ0v) is 13.0. The smallest absolute Gasteiger partial charge is 0.269 e. The fourth-order valence-corrected chi connectivity index (χ4v) is 2.52. The third-order valence-electron chi connectivity index (χ3n) is 3.80. The van der Waals surface area contributed by atoms with Crippen molar-refractivity contribution < 1.29 is 14.3 Å². The number of hydrogen-bond donors (Lipinski definition) is 1. The summed E-state index contributed by atoms with van der Waals surface area (Å²) in [5, 5.41) is 11.6. The highest BCUT2D eigenvalue weighted by Crippen LogP contribution is 2.32. The van der Waals surface area contributed by atoms with Crippen LogP contribution in [-0.2, 0) is 4.79 Å². The lowest BCUT2D eigenvalue weighted by molar-refractivity contribution is -0.125. The van der Waals surface area contributed by atoms with Gasteiger partial charge in [0.25, 0.3) is 11.8 Å². The monoisotopic (exact) mass is 321 g/mol. The van der Waals surface area contributed by atoms with Gasteiger partial charge in [-0.15, -0.1) is 0 Å². The first kappa shape index (κ1) is 15.6. The van der Waals surface area contributed by atoms with E-state index in [4.69, 9.17) is 10.00 Å². The van der Waals surface area contributed by atoms with Crippen LogP contribution in [0.15, 0.2) is 48.5 Å². The van der Waals surface area contributed by atoms with E-state index in [1.54, 1.807) is 37.4 Å². The topological polar surface area (TPSA) is 82.4 Å². The Morgan fingerprint density at radius 2 is 2.08 bits per heavy atom. The molecule has 1 aliphatic heterocycles. The van der Waals surface area contributed by atoms with Crippen LogP contribution in [0.25, 0.3) is 0 Å². The van der Waals surface area contributed by atoms with E-state index >= 15 is 0 Å². The number of carbonyl (C=O) groups is 2. The minimum Gasteiger partial charge on any atom is -0.477 e. The summed E-state index contributed by atoms with van der Waals surface area (Å²) in [5.74, 6) is 0.0233. The number of nitrogens with zero attached hydrogens (tertiary/aromatic N) is 2. The first-order chi connectivity index (χ1) is 11.6. The number of nitrogens with one attached hydrogen (secondary N) is 1. The lowest BCUT2D eigenvalue weighted by atomic mass is 10.1. The zero-order valence-electron chi connectivity index (χ0n) is 13.0. The Labute approximate surface area is 139 Å². The van der Waals surface area contributed by atoms with Crippen molar-refractivity contribution in [1.82, 2.24) is 5.32 Å². The fraction of sp³-hybridized carbons (Fsp3) is 0.167. The van der Waals surface area contributed by atoms with E-state index in [9.17, 15) is 9.59 Å². The van der Waals surface area contributed by atoms with Crippen LogP contribution in [0.5, 0.6) is 5.75 Å². The second-order valence-corrected chi connectivity index (χ2v) is 5.37. The summed E-state index contributed by atoms with van der Waals surface area (Å²) in [6.45, 7) is 0.0487. The number of likely N-dealkylation sites (N-methyl/N-ethyl adjacent to an activating group) is 1. The average Bonchev–Trinajstić information content (AvgIpc) is 2.63. The molecule has 1 unspecified atom stereocenters. The van der Waals surface area contributed by atoms with E-state index in [-0.39, 0.29) is 18.4 Å². The molecule has 2 amide bonds. The normalized spacial score (nSPS) is 15.9. The van der Waals surface area contributed by atoms with Gasteiger partial charge in [0.1, 0.15) is 5.75 Å². The molecule has 0 bridgehead atoms. The van der Waals surface area contributed by atoms with Crippen molar-refractivity contribution in [2.75, 3.05) is 18.5 Å². The van der Waals surface area contributed by atoms with E-state index in [1.165, 1.54) is 11.0 Å². The molecule has 120 valence electrons. The molecule has 1 heterocycles. The Morgan fingerprint density at radius 3 is 2.88 bits per heavy atom. The second-order valence-electron chi connectivity index (χ2n) is 5.37. The Kier molecular flexibility index (Phi) is 4.17. The van der Waals surface area contributed by atoms with Gasteiger partial charge < -0.3 is 15.0 Å². The summed E-state index contributed by atoms with van der Waals surface area (Å²) >= 11 is 0. The van der Waals surface area contributed by atoms with Gasteiger partial charge in [-0.1, -0.05) is 18.2 Å². The Bertz CT molecular complexity index is 841. The second kappa shape index (κ2) is 6.42. The maximum absolute atomic E-state index is 12.3. The molecule has 24 heavy (non-hydrogen) atoms. The quantitative estimate of drug-likeness (QED) is 0.933. The van der Waals surface area contributed by atoms with E-state index < -0.39 is 6.10 Å². The number of rotatable bonds is 3. The van der Waals surface area contributed by atoms with Gasteiger partial charge in [0.15, 0.2) is 6.10 Å². The fourth-order valence-electron chi connectivity index (χ4n) is 2.52. The molecule has 0 saturated carbocycles. The number of carbonyl (C=O) groups excluding carboxylic acids is 2. The average molecular weight is 321 g/mol. The number of amides is 2. The number of anilines is 1. The van der Waals surface area contributed by atoms with Crippen molar-refractivity contribution in [3.63, 3.8) is 0 Å². The van der Waals surface area contributed by atoms with E-state index in [1.807, 2.05) is 18.2 Å². The van der Waals surface area contributed by atoms with Crippen LogP contribution < -0.4 is 15.0 Å². The van der Waals surface area contributed by atoms with Gasteiger partial charge in [0, 0.05) is 12.6 Å². The van der Waals surface area contributed by atoms with Crippen LogP contribution in [0.1, 0.15) is 15.9 Å². The molecule has 0 aliphatic carbocycles. The van der Waals surface area contributed by atoms with Crippen molar-refractivity contribution in [3.05, 3.63) is 59.7 Å². The molecule has 1 aliphatic rings. The Morgan fingerprint density at radius 1 is 1.29 bits per heavy atom. The van der Waals surface area contributed by atoms with E-state index in [0.29, 0.717) is 22.6 Å². The maximum Gasteiger partial charge on any atom is 0.269 e. The minimum atomic E-state index is -0.784. The highest BCUT2D eigenvalue weighted by atomic mass is 16.5. The SMILES string of the molecule is CN1C(=O)C(CNC(=O)c2cccc(C#N)c2)Oc2ccccc21. The summed E-state index contributed by atoms with van der Waals surface area (Å²) in [6, 6.07) is 15.6. The highest BCUT2D eigenvalue weighted by Gasteiger charge is 2.32. The molecule has 1 atom stereocenters. The summed E-state index contributed by atoms with van der Waals surface area (Å²) in [5.41, 5.74) is 1.47. The summed E-state index contributed by atoms with van der Waals surface area (Å²) in [7, 11) is 1.68. The minimum absolute atomic E-state index is 0.0487. The van der Waals surface area contributed by atoms with Gasteiger partial charge >= 0.3 is 0 Å². The van der Waals surface area contributed by atoms with Gasteiger partial charge in [-0.05, 0) is 30.3 Å². The molecule has 0 spiro atoms. The van der Waals surface area contributed by atoms with Gasteiger partial charge in [0.2, 0.25) is 0 Å². The van der Waals surface area contributed by atoms with Crippen LogP contribution in [0.2, 0.25) is 0 Å². The summed E-state index contributed by atoms with van der Waals surface area (Å²) in [4.78, 5) is 26.1. The molecule has 0 radical (unpaired) electrons. The largest absolute Gasteiger partial charge is 0.477 e. The molecule has 0 fully saturated rings. The van der Waals surface area contributed by atoms with Gasteiger partial charge in [-0.25, -0.2) is 0 Å². The first-order valence-corrected chi connectivity index (χ1v) is 7.42. The number of nitriles is 1. The van der Waals surface area contributed by atoms with Crippen molar-refractivity contribution in [3.8, 4) is 11.8 Å². The third kappa shape index (κ3) is 2.92. The lowest BCUT2D eigenvalue weighted by Crippen LogP contribution is -2.49. The lowest BCUT2D eigenvalue weighted by Gasteiger charge is -2.31. The molecule has 3 rings (SSSR count). The first-order valence-electron chi connectivity index (χ1n) is 7.42. The Balaban J connectivity index is 1.70. The molecule has 6 heteroatoms. The predicted octanol–water partition coefficient (Wildman–Crippen LogP) is 1.71. The molecule has 2 aromatic rings. The van der Waals surface area contributed by atoms with Crippen molar-refractivity contribution >= 4 is 17.5 Å². The van der Waals surface area contributed by atoms with Crippen molar-refractivity contribution in [1.29, 1.82) is 5.26 Å². The number of hydrogen-bond acceptors (Lipinski definition) is 4. The van der Waals surface area contributed by atoms with Crippen LogP contribution in [0.4, 0.5) is 5.69 Å². The van der Waals surface area contributed by atoms with Crippen LogP contribution in [0.3, 0.4) is 0 Å². The van der Waals surface area contributed by atoms with Crippen LogP contribution in [0, 0.1) is 11.3 Å². The standard InChI is InChI=1S/C18H15N3O3/c1-21-14-7-2-3-8-15(14)24-16(18(21)23)11-20-17(22)13-6-4-5-12(9-13)10-19/h2-9,16H,11H2,1H3,(H,20,22). The summed E-state index contributed by atoms with van der Waals surface area (Å²) < 4.78 is 5.69. The van der Waals surface area contributed by atoms with Crippen LogP contribution in [-0.4, -0.2) is 31.5 Å². The van der Waals surface area contributed by atoms with Crippen molar-refractivity contribution in [2.24, 2.45) is 0 Å². The Hall–Kier alpha value is -3.33. The number of para-hydroxylation sites is 2. The van der Waals surface area contributed by atoms with Gasteiger partial charge in [-0.2, -0.15) is 5.26 Å². The molecule has 6 nitrogen and oxygen atoms in total. The molecular formula is C18H15N3O3. The van der Waals surface area contributed by atoms with Gasteiger partial charge in [0.05, 0.1) is 23.9 Å². The number of fused-ring (bicyclic) bond motifs is 1. The van der Waals surface area contributed by atoms with E-state index in [0.717, 1.165) is 0 Å².